The van der Waals surface area contributed by atoms with Crippen molar-refractivity contribution >= 4 is 34.4 Å². The van der Waals surface area contributed by atoms with E-state index in [2.05, 4.69) is 27.9 Å². The van der Waals surface area contributed by atoms with Gasteiger partial charge in [-0.15, -0.1) is 0 Å². The minimum atomic E-state index is -1.15. The number of carbonyl (C=O) groups excluding carboxylic acids is 2. The normalized spacial score (nSPS) is 18.7. The average molecular weight is 653 g/mol. The SMILES string of the molecule is CCCC(=O)N(Cc1ccc(C)cc1)[C@@H]1CC(C(=O)NCCO)=C[C@H](Oc2c(I)cc(CO)cc2OC)[C@H]1O. The molecule has 0 aromatic heterocycles. The Bertz CT molecular complexity index is 1170. The van der Waals surface area contributed by atoms with E-state index in [0.29, 0.717) is 39.0 Å². The molecule has 10 heteroatoms. The van der Waals surface area contributed by atoms with Crippen LogP contribution in [0.2, 0.25) is 0 Å². The number of aliphatic hydroxyl groups is 3. The van der Waals surface area contributed by atoms with Gasteiger partial charge in [-0.1, -0.05) is 36.8 Å². The number of nitrogens with zero attached hydrogens (tertiary/aromatic N) is 1. The van der Waals surface area contributed by atoms with Crippen LogP contribution in [0.3, 0.4) is 0 Å². The molecule has 1 aliphatic carbocycles. The molecule has 0 bridgehead atoms. The quantitative estimate of drug-likeness (QED) is 0.260. The smallest absolute Gasteiger partial charge is 0.247 e. The molecule has 0 spiro atoms. The molecule has 0 heterocycles. The maximum absolute atomic E-state index is 13.4. The van der Waals surface area contributed by atoms with Crippen molar-refractivity contribution in [2.75, 3.05) is 20.3 Å². The number of benzene rings is 2. The van der Waals surface area contributed by atoms with Crippen molar-refractivity contribution in [1.29, 1.82) is 0 Å². The van der Waals surface area contributed by atoms with E-state index in [1.165, 1.54) is 7.11 Å². The van der Waals surface area contributed by atoms with Gasteiger partial charge in [-0.05, 0) is 65.3 Å². The second-order valence-electron chi connectivity index (χ2n) is 9.54. The number of nitrogens with one attached hydrogen (secondary N) is 1. The van der Waals surface area contributed by atoms with E-state index in [1.54, 1.807) is 23.1 Å². The minimum absolute atomic E-state index is 0.0745. The molecular weight excluding hydrogens is 615 g/mol. The molecule has 2 aromatic rings. The molecule has 4 N–H and O–H groups in total. The second kappa shape index (κ2) is 14.6. The van der Waals surface area contributed by atoms with Crippen LogP contribution in [-0.2, 0) is 22.7 Å². The van der Waals surface area contributed by atoms with E-state index in [9.17, 15) is 24.9 Å². The number of aliphatic hydroxyl groups excluding tert-OH is 3. The van der Waals surface area contributed by atoms with Crippen molar-refractivity contribution in [2.24, 2.45) is 0 Å². The van der Waals surface area contributed by atoms with Crippen LogP contribution in [0, 0.1) is 10.5 Å². The maximum atomic E-state index is 13.4. The Morgan fingerprint density at radius 3 is 2.49 bits per heavy atom. The summed E-state index contributed by atoms with van der Waals surface area (Å²) in [6.07, 6.45) is 0.498. The zero-order chi connectivity index (χ0) is 28.5. The molecule has 2 aromatic carbocycles. The van der Waals surface area contributed by atoms with Gasteiger partial charge in [0.1, 0.15) is 12.2 Å². The molecule has 0 unspecified atom stereocenters. The van der Waals surface area contributed by atoms with Crippen molar-refractivity contribution in [2.45, 2.75) is 64.5 Å². The molecule has 0 fully saturated rings. The van der Waals surface area contributed by atoms with Crippen LogP contribution in [-0.4, -0.2) is 70.5 Å². The number of halogens is 1. The first-order chi connectivity index (χ1) is 18.7. The largest absolute Gasteiger partial charge is 0.493 e. The monoisotopic (exact) mass is 652 g/mol. The summed E-state index contributed by atoms with van der Waals surface area (Å²) in [6, 6.07) is 10.5. The van der Waals surface area contributed by atoms with Crippen molar-refractivity contribution in [3.8, 4) is 11.5 Å². The lowest BCUT2D eigenvalue weighted by molar-refractivity contribution is -0.139. The lowest BCUT2D eigenvalue weighted by atomic mass is 9.87. The Morgan fingerprint density at radius 1 is 1.15 bits per heavy atom. The third-order valence-electron chi connectivity index (χ3n) is 6.60. The summed E-state index contributed by atoms with van der Waals surface area (Å²) in [5, 5.41) is 33.1. The highest BCUT2D eigenvalue weighted by molar-refractivity contribution is 14.1. The molecule has 0 radical (unpaired) electrons. The minimum Gasteiger partial charge on any atom is -0.493 e. The Hall–Kier alpha value is -2.67. The highest BCUT2D eigenvalue weighted by Crippen LogP contribution is 2.37. The fourth-order valence-corrected chi connectivity index (χ4v) is 5.33. The summed E-state index contributed by atoms with van der Waals surface area (Å²) >= 11 is 2.07. The molecule has 1 aliphatic rings. The van der Waals surface area contributed by atoms with E-state index in [0.717, 1.165) is 11.1 Å². The van der Waals surface area contributed by atoms with Crippen LogP contribution in [0.4, 0.5) is 0 Å². The van der Waals surface area contributed by atoms with E-state index in [1.807, 2.05) is 38.1 Å². The van der Waals surface area contributed by atoms with Gasteiger partial charge in [0.05, 0.1) is 29.9 Å². The number of aryl methyl sites for hydroxylation is 1. The Morgan fingerprint density at radius 2 is 1.87 bits per heavy atom. The molecule has 39 heavy (non-hydrogen) atoms. The standard InChI is InChI=1S/C29H37IN2O7/c1-4-5-26(35)32(16-19-8-6-18(2)7-9-19)23-14-21(29(37)31-10-11-33)15-24(27(23)36)39-28-22(30)12-20(17-34)13-25(28)38-3/h6-9,12-13,15,23-24,27,33-34,36H,4-5,10-11,14,16-17H2,1-3H3,(H,31,37)/t23-,24+,27+/m1/s1. The van der Waals surface area contributed by atoms with Gasteiger partial charge in [-0.25, -0.2) is 0 Å². The van der Waals surface area contributed by atoms with Gasteiger partial charge < -0.3 is 35.0 Å². The van der Waals surface area contributed by atoms with Crippen molar-refractivity contribution < 1.29 is 34.4 Å². The predicted octanol–water partition coefficient (Wildman–Crippen LogP) is 2.84. The molecule has 0 aliphatic heterocycles. The van der Waals surface area contributed by atoms with Crippen molar-refractivity contribution in [3.05, 3.63) is 68.3 Å². The zero-order valence-electron chi connectivity index (χ0n) is 22.5. The Labute approximate surface area is 243 Å². The van der Waals surface area contributed by atoms with Gasteiger partial charge in [-0.2, -0.15) is 0 Å². The number of carbonyl (C=O) groups is 2. The van der Waals surface area contributed by atoms with Crippen LogP contribution < -0.4 is 14.8 Å². The first kappa shape index (κ1) is 30.9. The highest BCUT2D eigenvalue weighted by atomic mass is 127. The topological polar surface area (TPSA) is 129 Å². The molecular formula is C29H37IN2O7. The third-order valence-corrected chi connectivity index (χ3v) is 7.40. The van der Waals surface area contributed by atoms with Crippen LogP contribution in [0.5, 0.6) is 11.5 Å². The molecule has 212 valence electrons. The zero-order valence-corrected chi connectivity index (χ0v) is 24.7. The number of ether oxygens (including phenoxy) is 2. The van der Waals surface area contributed by atoms with Gasteiger partial charge in [0.2, 0.25) is 11.8 Å². The fourth-order valence-electron chi connectivity index (χ4n) is 4.53. The molecule has 0 saturated carbocycles. The van der Waals surface area contributed by atoms with Gasteiger partial charge in [0.15, 0.2) is 11.5 Å². The van der Waals surface area contributed by atoms with E-state index < -0.39 is 24.2 Å². The van der Waals surface area contributed by atoms with Crippen molar-refractivity contribution in [1.82, 2.24) is 10.2 Å². The van der Waals surface area contributed by atoms with Gasteiger partial charge >= 0.3 is 0 Å². The van der Waals surface area contributed by atoms with Crippen LogP contribution in [0.15, 0.2) is 48.0 Å². The second-order valence-corrected chi connectivity index (χ2v) is 10.7. The average Bonchev–Trinajstić information content (AvgIpc) is 2.93. The lowest BCUT2D eigenvalue weighted by Crippen LogP contribution is -2.54. The summed E-state index contributed by atoms with van der Waals surface area (Å²) < 4.78 is 12.4. The third kappa shape index (κ3) is 7.93. The van der Waals surface area contributed by atoms with Gasteiger partial charge in [-0.3, -0.25) is 9.59 Å². The molecule has 0 saturated heterocycles. The number of rotatable bonds is 12. The molecule has 3 rings (SSSR count). The van der Waals surface area contributed by atoms with Crippen molar-refractivity contribution in [3.63, 3.8) is 0 Å². The summed E-state index contributed by atoms with van der Waals surface area (Å²) in [5.74, 6) is 0.206. The predicted molar refractivity (Wildman–Crippen MR) is 155 cm³/mol. The maximum Gasteiger partial charge on any atom is 0.247 e. The van der Waals surface area contributed by atoms with Crippen LogP contribution in [0.1, 0.15) is 42.9 Å². The van der Waals surface area contributed by atoms with Crippen LogP contribution in [0.25, 0.3) is 0 Å². The van der Waals surface area contributed by atoms with Gasteiger partial charge in [0, 0.05) is 31.5 Å². The summed E-state index contributed by atoms with van der Waals surface area (Å²) in [6.45, 7) is 3.86. The Balaban J connectivity index is 2.02. The Kier molecular flexibility index (Phi) is 11.6. The van der Waals surface area contributed by atoms with Crippen LogP contribution >= 0.6 is 22.6 Å². The molecule has 9 nitrogen and oxygen atoms in total. The van der Waals surface area contributed by atoms with E-state index in [-0.39, 0.29) is 38.6 Å². The first-order valence-corrected chi connectivity index (χ1v) is 14.1. The summed E-state index contributed by atoms with van der Waals surface area (Å²) in [7, 11) is 1.48. The number of amides is 2. The number of hydrogen-bond donors (Lipinski definition) is 4. The highest BCUT2D eigenvalue weighted by Gasteiger charge is 2.40. The first-order valence-electron chi connectivity index (χ1n) is 13.0. The van der Waals surface area contributed by atoms with Gasteiger partial charge in [0.25, 0.3) is 0 Å². The van der Waals surface area contributed by atoms with E-state index >= 15 is 0 Å². The molecule has 3 atom stereocenters. The lowest BCUT2D eigenvalue weighted by Gasteiger charge is -2.41. The summed E-state index contributed by atoms with van der Waals surface area (Å²) in [5.41, 5.74) is 2.99. The van der Waals surface area contributed by atoms with E-state index in [4.69, 9.17) is 9.47 Å². The number of methoxy groups -OCH3 is 1. The summed E-state index contributed by atoms with van der Waals surface area (Å²) in [4.78, 5) is 28.0. The fraction of sp³-hybridized carbons (Fsp3) is 0.448. The molecule has 2 amide bonds. The number of hydrogen-bond acceptors (Lipinski definition) is 7.